The van der Waals surface area contributed by atoms with Gasteiger partial charge < -0.3 is 14.6 Å². The van der Waals surface area contributed by atoms with Crippen LogP contribution >= 0.6 is 0 Å². The van der Waals surface area contributed by atoms with Crippen LogP contribution in [0.4, 0.5) is 0 Å². The molecule has 0 fully saturated rings. The minimum atomic E-state index is -0.476. The number of hydrogen-bond acceptors (Lipinski definition) is 4. The summed E-state index contributed by atoms with van der Waals surface area (Å²) in [5.41, 5.74) is 0. The van der Waals surface area contributed by atoms with Crippen LogP contribution in [0.1, 0.15) is 51.9 Å². The van der Waals surface area contributed by atoms with Crippen LogP contribution in [0.2, 0.25) is 0 Å². The molecule has 1 aliphatic rings. The summed E-state index contributed by atoms with van der Waals surface area (Å²) in [6.07, 6.45) is 8.94. The summed E-state index contributed by atoms with van der Waals surface area (Å²) in [6.45, 7) is 2.17. The van der Waals surface area contributed by atoms with Gasteiger partial charge in [-0.15, -0.1) is 0 Å². The first kappa shape index (κ1) is 16.2. The Bertz CT molecular complexity index is 288. The molecule has 0 aromatic rings. The minimum Gasteiger partial charge on any atom is -0.459 e. The van der Waals surface area contributed by atoms with Gasteiger partial charge in [0.1, 0.15) is 6.10 Å². The van der Waals surface area contributed by atoms with Crippen molar-refractivity contribution >= 4 is 5.97 Å². The molecule has 110 valence electrons. The minimum absolute atomic E-state index is 0.0939. The van der Waals surface area contributed by atoms with Crippen molar-refractivity contribution in [1.29, 1.82) is 0 Å². The molecule has 0 amide bonds. The van der Waals surface area contributed by atoms with Gasteiger partial charge in [0.2, 0.25) is 0 Å². The highest BCUT2D eigenvalue weighted by Gasteiger charge is 2.22. The number of cyclic esters (lactones) is 1. The number of unbranched alkanes of at least 4 members (excludes halogenated alkanes) is 2. The lowest BCUT2D eigenvalue weighted by Crippen LogP contribution is -2.28. The molecule has 4 heteroatoms. The number of carbonyl (C=O) groups excluding carboxylic acids is 1. The Hall–Kier alpha value is -0.870. The number of carbonyl (C=O) groups is 1. The van der Waals surface area contributed by atoms with Crippen LogP contribution in [0.25, 0.3) is 0 Å². The van der Waals surface area contributed by atoms with Gasteiger partial charge in [-0.1, -0.05) is 32.3 Å². The first-order valence-corrected chi connectivity index (χ1v) is 7.23. The second-order valence-corrected chi connectivity index (χ2v) is 5.18. The SMILES string of the molecule is CCCCC[C@H](C[C@H](O)C[C@H]1CC=CC(=O)O1)OC. The summed E-state index contributed by atoms with van der Waals surface area (Å²) in [5, 5.41) is 10.1. The summed E-state index contributed by atoms with van der Waals surface area (Å²) < 4.78 is 10.5. The average molecular weight is 270 g/mol. The maximum Gasteiger partial charge on any atom is 0.330 e. The van der Waals surface area contributed by atoms with E-state index in [1.807, 2.05) is 0 Å². The molecule has 0 spiro atoms. The number of aliphatic hydroxyl groups is 1. The van der Waals surface area contributed by atoms with Crippen LogP contribution in [-0.2, 0) is 14.3 Å². The molecule has 4 nitrogen and oxygen atoms in total. The Morgan fingerprint density at radius 2 is 2.32 bits per heavy atom. The van der Waals surface area contributed by atoms with Gasteiger partial charge in [0.25, 0.3) is 0 Å². The fourth-order valence-corrected chi connectivity index (χ4v) is 2.37. The highest BCUT2D eigenvalue weighted by Crippen LogP contribution is 2.18. The zero-order valence-corrected chi connectivity index (χ0v) is 12.0. The monoisotopic (exact) mass is 270 g/mol. The van der Waals surface area contributed by atoms with Crippen molar-refractivity contribution < 1.29 is 19.4 Å². The lowest BCUT2D eigenvalue weighted by molar-refractivity contribution is -0.145. The van der Waals surface area contributed by atoms with E-state index in [2.05, 4.69) is 6.92 Å². The first-order chi connectivity index (χ1) is 9.15. The second kappa shape index (κ2) is 9.10. The van der Waals surface area contributed by atoms with Crippen LogP contribution in [0.15, 0.2) is 12.2 Å². The predicted molar refractivity (Wildman–Crippen MR) is 73.8 cm³/mol. The van der Waals surface area contributed by atoms with E-state index in [9.17, 15) is 9.90 Å². The van der Waals surface area contributed by atoms with Crippen molar-refractivity contribution in [1.82, 2.24) is 0 Å². The van der Waals surface area contributed by atoms with E-state index in [1.54, 1.807) is 13.2 Å². The zero-order chi connectivity index (χ0) is 14.1. The predicted octanol–water partition coefficient (Wildman–Crippen LogP) is 2.59. The normalized spacial score (nSPS) is 22.1. The van der Waals surface area contributed by atoms with Crippen molar-refractivity contribution in [3.8, 4) is 0 Å². The molecule has 3 atom stereocenters. The van der Waals surface area contributed by atoms with Gasteiger partial charge in [-0.25, -0.2) is 4.79 Å². The fraction of sp³-hybridized carbons (Fsp3) is 0.800. The van der Waals surface area contributed by atoms with Crippen molar-refractivity contribution in [3.63, 3.8) is 0 Å². The Morgan fingerprint density at radius 1 is 1.53 bits per heavy atom. The summed E-state index contributed by atoms with van der Waals surface area (Å²) in [5.74, 6) is -0.310. The first-order valence-electron chi connectivity index (χ1n) is 7.23. The zero-order valence-electron chi connectivity index (χ0n) is 12.0. The van der Waals surface area contributed by atoms with E-state index in [-0.39, 0.29) is 18.2 Å². The summed E-state index contributed by atoms with van der Waals surface area (Å²) in [6, 6.07) is 0. The Labute approximate surface area is 115 Å². The van der Waals surface area contributed by atoms with E-state index < -0.39 is 6.10 Å². The molecule has 1 aliphatic heterocycles. The number of aliphatic hydroxyl groups excluding tert-OH is 1. The number of esters is 1. The molecule has 0 aliphatic carbocycles. The number of rotatable bonds is 9. The maximum absolute atomic E-state index is 11.1. The average Bonchev–Trinajstić information content (AvgIpc) is 2.37. The smallest absolute Gasteiger partial charge is 0.330 e. The lowest BCUT2D eigenvalue weighted by atomic mass is 9.99. The molecule has 0 saturated heterocycles. The molecular formula is C15H26O4. The Morgan fingerprint density at radius 3 is 2.95 bits per heavy atom. The highest BCUT2D eigenvalue weighted by molar-refractivity contribution is 5.82. The van der Waals surface area contributed by atoms with Crippen LogP contribution in [0, 0.1) is 0 Å². The topological polar surface area (TPSA) is 55.8 Å². The third kappa shape index (κ3) is 6.73. The third-order valence-corrected chi connectivity index (χ3v) is 3.47. The van der Waals surface area contributed by atoms with Gasteiger partial charge in [0, 0.05) is 26.0 Å². The Kier molecular flexibility index (Phi) is 7.75. The van der Waals surface area contributed by atoms with Crippen molar-refractivity contribution in [2.24, 2.45) is 0 Å². The van der Waals surface area contributed by atoms with Crippen LogP contribution in [0.5, 0.6) is 0 Å². The van der Waals surface area contributed by atoms with Crippen molar-refractivity contribution in [3.05, 3.63) is 12.2 Å². The molecule has 19 heavy (non-hydrogen) atoms. The number of hydrogen-bond donors (Lipinski definition) is 1. The van der Waals surface area contributed by atoms with Gasteiger partial charge >= 0.3 is 5.97 Å². The molecule has 0 radical (unpaired) electrons. The molecule has 1 N–H and O–H groups in total. The molecule has 1 rings (SSSR count). The van der Waals surface area contributed by atoms with E-state index in [0.29, 0.717) is 19.3 Å². The van der Waals surface area contributed by atoms with Gasteiger partial charge in [0.15, 0.2) is 0 Å². The Balaban J connectivity index is 2.26. The van der Waals surface area contributed by atoms with Crippen LogP contribution in [0.3, 0.4) is 0 Å². The number of ether oxygens (including phenoxy) is 2. The highest BCUT2D eigenvalue weighted by atomic mass is 16.5. The third-order valence-electron chi connectivity index (χ3n) is 3.47. The van der Waals surface area contributed by atoms with E-state index in [4.69, 9.17) is 9.47 Å². The molecule has 0 aromatic carbocycles. The molecule has 0 bridgehead atoms. The van der Waals surface area contributed by atoms with Gasteiger partial charge in [-0.05, 0) is 12.8 Å². The number of methoxy groups -OCH3 is 1. The van der Waals surface area contributed by atoms with E-state index in [1.165, 1.54) is 18.9 Å². The van der Waals surface area contributed by atoms with Gasteiger partial charge in [-0.2, -0.15) is 0 Å². The van der Waals surface area contributed by atoms with Crippen LogP contribution in [-0.4, -0.2) is 36.5 Å². The maximum atomic E-state index is 11.1. The second-order valence-electron chi connectivity index (χ2n) is 5.18. The van der Waals surface area contributed by atoms with Crippen molar-refractivity contribution in [2.75, 3.05) is 7.11 Å². The summed E-state index contributed by atoms with van der Waals surface area (Å²) in [4.78, 5) is 11.1. The van der Waals surface area contributed by atoms with Gasteiger partial charge in [0.05, 0.1) is 12.2 Å². The van der Waals surface area contributed by atoms with Crippen LogP contribution < -0.4 is 0 Å². The molecule has 0 unspecified atom stereocenters. The molecule has 0 saturated carbocycles. The quantitative estimate of drug-likeness (QED) is 0.517. The summed E-state index contributed by atoms with van der Waals surface area (Å²) >= 11 is 0. The van der Waals surface area contributed by atoms with Gasteiger partial charge in [-0.3, -0.25) is 0 Å². The molecule has 0 aromatic heterocycles. The molecule has 1 heterocycles. The summed E-state index contributed by atoms with van der Waals surface area (Å²) in [7, 11) is 1.69. The van der Waals surface area contributed by atoms with E-state index >= 15 is 0 Å². The molecular weight excluding hydrogens is 244 g/mol. The fourth-order valence-electron chi connectivity index (χ4n) is 2.37. The van der Waals surface area contributed by atoms with E-state index in [0.717, 1.165) is 12.8 Å². The standard InChI is InChI=1S/C15H26O4/c1-3-4-5-7-13(18-2)10-12(16)11-14-8-6-9-15(17)19-14/h6,9,12-14,16H,3-5,7-8,10-11H2,1-2H3/t12-,13+,14+/m0/s1. The largest absolute Gasteiger partial charge is 0.459 e. The lowest BCUT2D eigenvalue weighted by Gasteiger charge is -2.24. The van der Waals surface area contributed by atoms with Crippen molar-refractivity contribution in [2.45, 2.75) is 70.2 Å².